The molecule has 0 saturated carbocycles. The number of nitrogens with zero attached hydrogens (tertiary/aromatic N) is 2. The Morgan fingerprint density at radius 2 is 1.42 bits per heavy atom. The van der Waals surface area contributed by atoms with Crippen molar-refractivity contribution in [1.82, 2.24) is 5.01 Å². The number of carbonyl (C=O) groups excluding carboxylic acids is 2. The number of esters is 1. The zero-order valence-electron chi connectivity index (χ0n) is 14.7. The van der Waals surface area contributed by atoms with E-state index < -0.39 is 12.1 Å². The van der Waals surface area contributed by atoms with Gasteiger partial charge in [-0.3, -0.25) is 9.80 Å². The summed E-state index contributed by atoms with van der Waals surface area (Å²) in [5, 5.41) is 2.92. The first-order valence-electron chi connectivity index (χ1n) is 7.67. The fourth-order valence-electron chi connectivity index (χ4n) is 2.45. The third-order valence-corrected chi connectivity index (χ3v) is 3.82. The first-order chi connectivity index (χ1) is 11.3. The van der Waals surface area contributed by atoms with Gasteiger partial charge in [0.25, 0.3) is 0 Å². The van der Waals surface area contributed by atoms with E-state index in [-0.39, 0.29) is 0 Å². The smallest absolute Gasteiger partial charge is 0.375 e. The van der Waals surface area contributed by atoms with Gasteiger partial charge in [0.05, 0.1) is 5.69 Å². The van der Waals surface area contributed by atoms with Crippen molar-refractivity contribution in [2.75, 3.05) is 19.1 Å². The average molecular weight is 326 g/mol. The van der Waals surface area contributed by atoms with Crippen LogP contribution in [0.1, 0.15) is 18.1 Å². The molecule has 0 N–H and O–H groups in total. The number of amides is 1. The number of anilines is 1. The van der Waals surface area contributed by atoms with Crippen LogP contribution >= 0.6 is 0 Å². The van der Waals surface area contributed by atoms with Crippen LogP contribution in [0.4, 0.5) is 10.5 Å². The Morgan fingerprint density at radius 1 is 0.917 bits per heavy atom. The number of hydrogen-bond donors (Lipinski definition) is 0. The molecule has 1 aromatic rings. The summed E-state index contributed by atoms with van der Waals surface area (Å²) >= 11 is 0. The molecule has 3 rings (SSSR count). The Labute approximate surface area is 142 Å². The molecule has 0 unspecified atom stereocenters. The second-order valence-corrected chi connectivity index (χ2v) is 5.73. The molecule has 0 aromatic heterocycles. The van der Waals surface area contributed by atoms with E-state index >= 15 is 0 Å². The SMILES string of the molecule is CC(=O)OC(=O)N(C)N(C)c1c(C)cccc1C.c1cc2cc-2c1. The van der Waals surface area contributed by atoms with Gasteiger partial charge in [0, 0.05) is 21.0 Å². The van der Waals surface area contributed by atoms with Crippen molar-refractivity contribution in [3.05, 3.63) is 53.6 Å². The standard InChI is InChI=1S/C13H18N2O3.C6H4/c1-9-7-6-8-10(2)12(9)14(4)15(5)13(17)18-11(3)16;1-2-5-4-6(5)3-1/h6-8H,1-5H3;1-4H. The Morgan fingerprint density at radius 3 is 1.79 bits per heavy atom. The minimum absolute atomic E-state index is 0.623. The lowest BCUT2D eigenvalue weighted by Crippen LogP contribution is -2.42. The lowest BCUT2D eigenvalue weighted by atomic mass is 10.1. The third kappa shape index (κ3) is 4.13. The van der Waals surface area contributed by atoms with Crippen molar-refractivity contribution in [3.8, 4) is 11.1 Å². The van der Waals surface area contributed by atoms with Gasteiger partial charge in [-0.15, -0.1) is 0 Å². The van der Waals surface area contributed by atoms with Crippen molar-refractivity contribution in [1.29, 1.82) is 0 Å². The molecule has 0 saturated heterocycles. The maximum absolute atomic E-state index is 11.6. The van der Waals surface area contributed by atoms with Crippen LogP contribution in [0, 0.1) is 13.8 Å². The summed E-state index contributed by atoms with van der Waals surface area (Å²) in [5.74, 6) is -0.623. The molecule has 0 bridgehead atoms. The van der Waals surface area contributed by atoms with Crippen LogP contribution in [0.25, 0.3) is 11.1 Å². The van der Waals surface area contributed by atoms with Crippen molar-refractivity contribution in [2.24, 2.45) is 0 Å². The zero-order chi connectivity index (χ0) is 17.9. The molecule has 0 atom stereocenters. The fourth-order valence-corrected chi connectivity index (χ4v) is 2.45. The number of hydrogen-bond acceptors (Lipinski definition) is 4. The van der Waals surface area contributed by atoms with E-state index in [1.165, 1.54) is 23.1 Å². The third-order valence-electron chi connectivity index (χ3n) is 3.82. The van der Waals surface area contributed by atoms with E-state index in [9.17, 15) is 9.59 Å². The van der Waals surface area contributed by atoms with Crippen molar-refractivity contribution >= 4 is 17.7 Å². The molecule has 2 aliphatic rings. The van der Waals surface area contributed by atoms with Gasteiger partial charge >= 0.3 is 12.1 Å². The summed E-state index contributed by atoms with van der Waals surface area (Å²) in [4.78, 5) is 22.4. The van der Waals surface area contributed by atoms with E-state index in [0.29, 0.717) is 0 Å². The van der Waals surface area contributed by atoms with Crippen molar-refractivity contribution in [3.63, 3.8) is 0 Å². The lowest BCUT2D eigenvalue weighted by molar-refractivity contribution is -0.135. The molecule has 2 aliphatic carbocycles. The second kappa shape index (κ2) is 7.17. The number of fused-ring (bicyclic) bond motifs is 1. The van der Waals surface area contributed by atoms with Gasteiger partial charge in [0.1, 0.15) is 0 Å². The van der Waals surface area contributed by atoms with Gasteiger partial charge in [-0.1, -0.05) is 36.4 Å². The molecule has 5 nitrogen and oxygen atoms in total. The zero-order valence-corrected chi connectivity index (χ0v) is 14.7. The topological polar surface area (TPSA) is 49.9 Å². The molecule has 0 heterocycles. The summed E-state index contributed by atoms with van der Waals surface area (Å²) in [7, 11) is 3.30. The summed E-state index contributed by atoms with van der Waals surface area (Å²) in [6, 6.07) is 14.4. The fraction of sp³-hybridized carbons (Fsp3) is 0.263. The summed E-state index contributed by atoms with van der Waals surface area (Å²) in [5.41, 5.74) is 5.85. The van der Waals surface area contributed by atoms with E-state index in [0.717, 1.165) is 16.8 Å². The van der Waals surface area contributed by atoms with Crippen LogP contribution in [0.5, 0.6) is 0 Å². The highest BCUT2D eigenvalue weighted by Gasteiger charge is 2.19. The number of hydrazine groups is 1. The summed E-state index contributed by atoms with van der Waals surface area (Å²) in [6.45, 7) is 5.12. The van der Waals surface area contributed by atoms with Crippen LogP contribution in [-0.4, -0.2) is 31.2 Å². The highest BCUT2D eigenvalue weighted by atomic mass is 16.6. The van der Waals surface area contributed by atoms with Crippen LogP contribution < -0.4 is 5.01 Å². The number of ether oxygens (including phenoxy) is 1. The van der Waals surface area contributed by atoms with Crippen LogP contribution in [0.15, 0.2) is 42.5 Å². The largest absolute Gasteiger partial charge is 0.436 e. The minimum Gasteiger partial charge on any atom is -0.375 e. The Bertz CT molecular complexity index is 733. The van der Waals surface area contributed by atoms with Crippen LogP contribution in [-0.2, 0) is 9.53 Å². The normalized spacial score (nSPS) is 10.2. The number of aryl methyl sites for hydroxylation is 2. The predicted molar refractivity (Wildman–Crippen MR) is 94.7 cm³/mol. The van der Waals surface area contributed by atoms with Gasteiger partial charge in [-0.2, -0.15) is 0 Å². The molecule has 1 amide bonds. The lowest BCUT2D eigenvalue weighted by Gasteiger charge is -2.31. The number of rotatable bonds is 2. The molecule has 0 radical (unpaired) electrons. The predicted octanol–water partition coefficient (Wildman–Crippen LogP) is 3.94. The molecule has 5 heteroatoms. The minimum atomic E-state index is -0.701. The second-order valence-electron chi connectivity index (χ2n) is 5.73. The van der Waals surface area contributed by atoms with Gasteiger partial charge < -0.3 is 4.74 Å². The molecular weight excluding hydrogens is 304 g/mol. The highest BCUT2D eigenvalue weighted by Crippen LogP contribution is 2.32. The number of benzene rings is 2. The summed E-state index contributed by atoms with van der Waals surface area (Å²) in [6.07, 6.45) is -0.701. The van der Waals surface area contributed by atoms with E-state index in [2.05, 4.69) is 29.0 Å². The van der Waals surface area contributed by atoms with Gasteiger partial charge in [-0.05, 0) is 42.2 Å². The Hall–Kier alpha value is -2.82. The summed E-state index contributed by atoms with van der Waals surface area (Å²) < 4.78 is 4.54. The number of para-hydroxylation sites is 1. The van der Waals surface area contributed by atoms with Crippen molar-refractivity contribution in [2.45, 2.75) is 20.8 Å². The Kier molecular flexibility index (Phi) is 5.24. The van der Waals surface area contributed by atoms with Crippen molar-refractivity contribution < 1.29 is 14.3 Å². The first-order valence-corrected chi connectivity index (χ1v) is 7.67. The molecule has 126 valence electrons. The van der Waals surface area contributed by atoms with Gasteiger partial charge in [0.15, 0.2) is 0 Å². The maximum atomic E-state index is 11.6. The molecule has 0 aliphatic heterocycles. The Balaban J connectivity index is 0.000000282. The van der Waals surface area contributed by atoms with Gasteiger partial charge in [0.2, 0.25) is 0 Å². The number of carbonyl (C=O) groups is 2. The molecule has 1 aromatic carbocycles. The van der Waals surface area contributed by atoms with Crippen LogP contribution in [0.2, 0.25) is 0 Å². The first kappa shape index (κ1) is 17.5. The molecule has 0 fully saturated rings. The van der Waals surface area contributed by atoms with E-state index in [1.54, 1.807) is 19.1 Å². The van der Waals surface area contributed by atoms with Crippen LogP contribution in [0.3, 0.4) is 0 Å². The van der Waals surface area contributed by atoms with Gasteiger partial charge in [-0.25, -0.2) is 9.80 Å². The van der Waals surface area contributed by atoms with E-state index in [1.807, 2.05) is 32.0 Å². The average Bonchev–Trinajstić information content (AvgIpc) is 3.11. The molecule has 0 spiro atoms. The quantitative estimate of drug-likeness (QED) is 0.407. The monoisotopic (exact) mass is 326 g/mol. The molecular formula is C19H22N2O3. The highest BCUT2D eigenvalue weighted by molar-refractivity contribution is 5.84. The van der Waals surface area contributed by atoms with E-state index in [4.69, 9.17) is 0 Å². The molecule has 24 heavy (non-hydrogen) atoms. The maximum Gasteiger partial charge on any atom is 0.436 e.